The largest absolute Gasteiger partial charge is 0.448 e. The van der Waals surface area contributed by atoms with Crippen LogP contribution in [-0.4, -0.2) is 0 Å². The second-order valence-corrected chi connectivity index (χ2v) is 4.25. The van der Waals surface area contributed by atoms with Crippen LogP contribution in [0.4, 0.5) is 0 Å². The number of hydrogen-bond donors (Lipinski definition) is 1. The Kier molecular flexibility index (Phi) is 3.32. The summed E-state index contributed by atoms with van der Waals surface area (Å²) in [5.74, 6) is 0.730. The summed E-state index contributed by atoms with van der Waals surface area (Å²) in [7, 11) is 0. The maximum absolute atomic E-state index is 6.06. The smallest absolute Gasteiger partial charge is 0.193 e. The summed E-state index contributed by atoms with van der Waals surface area (Å²) in [4.78, 5) is 0. The summed E-state index contributed by atoms with van der Waals surface area (Å²) < 4.78 is 5.30. The van der Waals surface area contributed by atoms with Gasteiger partial charge in [0.2, 0.25) is 0 Å². The van der Waals surface area contributed by atoms with Crippen LogP contribution in [0.3, 0.4) is 0 Å². The van der Waals surface area contributed by atoms with E-state index in [1.165, 1.54) is 11.1 Å². The molecule has 0 fully saturated rings. The molecule has 84 valence electrons. The summed E-state index contributed by atoms with van der Waals surface area (Å²) in [6, 6.07) is 11.6. The lowest BCUT2D eigenvalue weighted by atomic mass is 10.0. The number of nitrogens with two attached hydrogens (primary N) is 1. The van der Waals surface area contributed by atoms with E-state index >= 15 is 0 Å². The van der Waals surface area contributed by atoms with Crippen LogP contribution < -0.4 is 5.73 Å². The number of hydrogen-bond acceptors (Lipinski definition) is 2. The molecule has 0 radical (unpaired) electrons. The second kappa shape index (κ2) is 4.73. The van der Waals surface area contributed by atoms with Crippen molar-refractivity contribution in [3.8, 4) is 0 Å². The fourth-order valence-corrected chi connectivity index (χ4v) is 1.86. The number of benzene rings is 1. The molecule has 2 N–H and O–H groups in total. The Bertz CT molecular complexity index is 478. The maximum atomic E-state index is 6.06. The standard InChI is InChI=1S/C13H14ClNO/c1-9-4-2-3-5-10(9)8-11(15)12-6-7-13(14)16-12/h2-7,11H,8,15H2,1H3. The highest BCUT2D eigenvalue weighted by Gasteiger charge is 2.12. The summed E-state index contributed by atoms with van der Waals surface area (Å²) in [5.41, 5.74) is 8.54. The van der Waals surface area contributed by atoms with Gasteiger partial charge in [0.15, 0.2) is 5.22 Å². The summed E-state index contributed by atoms with van der Waals surface area (Å²) in [6.07, 6.45) is 0.760. The van der Waals surface area contributed by atoms with Gasteiger partial charge in [-0.3, -0.25) is 0 Å². The Hall–Kier alpha value is -1.25. The molecule has 0 aliphatic rings. The Morgan fingerprint density at radius 3 is 2.62 bits per heavy atom. The van der Waals surface area contributed by atoms with E-state index < -0.39 is 0 Å². The van der Waals surface area contributed by atoms with Crippen LogP contribution in [0, 0.1) is 6.92 Å². The van der Waals surface area contributed by atoms with E-state index in [1.54, 1.807) is 6.07 Å². The Morgan fingerprint density at radius 1 is 1.25 bits per heavy atom. The van der Waals surface area contributed by atoms with E-state index in [0.717, 1.165) is 12.2 Å². The molecule has 0 spiro atoms. The molecule has 16 heavy (non-hydrogen) atoms. The summed E-state index contributed by atoms with van der Waals surface area (Å²) in [5, 5.41) is 0.384. The lowest BCUT2D eigenvalue weighted by Crippen LogP contribution is -2.13. The van der Waals surface area contributed by atoms with Gasteiger partial charge in [0.25, 0.3) is 0 Å². The van der Waals surface area contributed by atoms with Crippen molar-refractivity contribution in [2.75, 3.05) is 0 Å². The van der Waals surface area contributed by atoms with Crippen LogP contribution in [0.15, 0.2) is 40.8 Å². The summed E-state index contributed by atoms with van der Waals surface area (Å²) in [6.45, 7) is 2.08. The normalized spacial score (nSPS) is 12.7. The quantitative estimate of drug-likeness (QED) is 0.885. The molecule has 0 saturated carbocycles. The molecule has 3 heteroatoms. The zero-order chi connectivity index (χ0) is 11.5. The minimum Gasteiger partial charge on any atom is -0.448 e. The average Bonchev–Trinajstić information content (AvgIpc) is 2.68. The number of halogens is 1. The van der Waals surface area contributed by atoms with Gasteiger partial charge in [-0.2, -0.15) is 0 Å². The van der Waals surface area contributed by atoms with Crippen molar-refractivity contribution in [3.63, 3.8) is 0 Å². The van der Waals surface area contributed by atoms with Gasteiger partial charge < -0.3 is 10.2 Å². The molecule has 1 unspecified atom stereocenters. The monoisotopic (exact) mass is 235 g/mol. The van der Waals surface area contributed by atoms with Gasteiger partial charge in [0.1, 0.15) is 5.76 Å². The third kappa shape index (κ3) is 2.46. The molecule has 0 amide bonds. The van der Waals surface area contributed by atoms with Crippen molar-refractivity contribution in [1.82, 2.24) is 0 Å². The van der Waals surface area contributed by atoms with Crippen molar-refractivity contribution in [2.24, 2.45) is 5.73 Å². The van der Waals surface area contributed by atoms with Crippen LogP contribution in [-0.2, 0) is 6.42 Å². The highest BCUT2D eigenvalue weighted by molar-refractivity contribution is 6.28. The van der Waals surface area contributed by atoms with E-state index in [9.17, 15) is 0 Å². The number of aryl methyl sites for hydroxylation is 1. The van der Waals surface area contributed by atoms with Crippen molar-refractivity contribution >= 4 is 11.6 Å². The van der Waals surface area contributed by atoms with Crippen molar-refractivity contribution in [1.29, 1.82) is 0 Å². The predicted octanol–water partition coefficient (Wildman–Crippen LogP) is 3.48. The number of furan rings is 1. The van der Waals surface area contributed by atoms with Crippen molar-refractivity contribution in [2.45, 2.75) is 19.4 Å². The third-order valence-corrected chi connectivity index (χ3v) is 2.86. The van der Waals surface area contributed by atoms with Gasteiger partial charge in [-0.25, -0.2) is 0 Å². The first-order valence-electron chi connectivity index (χ1n) is 5.22. The van der Waals surface area contributed by atoms with Crippen LogP contribution >= 0.6 is 11.6 Å². The predicted molar refractivity (Wildman–Crippen MR) is 65.5 cm³/mol. The minimum atomic E-state index is -0.145. The van der Waals surface area contributed by atoms with Crippen LogP contribution in [0.1, 0.15) is 22.9 Å². The third-order valence-electron chi connectivity index (χ3n) is 2.66. The first-order chi connectivity index (χ1) is 7.66. The van der Waals surface area contributed by atoms with Crippen molar-refractivity contribution < 1.29 is 4.42 Å². The lowest BCUT2D eigenvalue weighted by molar-refractivity contribution is 0.466. The molecule has 1 aromatic carbocycles. The minimum absolute atomic E-state index is 0.145. The molecule has 0 aliphatic heterocycles. The molecule has 2 rings (SSSR count). The van der Waals surface area contributed by atoms with E-state index in [0.29, 0.717) is 5.22 Å². The highest BCUT2D eigenvalue weighted by atomic mass is 35.5. The zero-order valence-electron chi connectivity index (χ0n) is 9.11. The topological polar surface area (TPSA) is 39.2 Å². The van der Waals surface area contributed by atoms with E-state index in [-0.39, 0.29) is 6.04 Å². The van der Waals surface area contributed by atoms with E-state index in [4.69, 9.17) is 21.8 Å². The Balaban J connectivity index is 2.13. The molecule has 1 atom stereocenters. The van der Waals surface area contributed by atoms with Gasteiger partial charge in [0.05, 0.1) is 6.04 Å². The van der Waals surface area contributed by atoms with E-state index in [1.807, 2.05) is 18.2 Å². The lowest BCUT2D eigenvalue weighted by Gasteiger charge is -2.10. The van der Waals surface area contributed by atoms with Gasteiger partial charge in [-0.05, 0) is 48.2 Å². The number of rotatable bonds is 3. The van der Waals surface area contributed by atoms with Crippen LogP contribution in [0.5, 0.6) is 0 Å². The zero-order valence-corrected chi connectivity index (χ0v) is 9.87. The summed E-state index contributed by atoms with van der Waals surface area (Å²) >= 11 is 5.72. The second-order valence-electron chi connectivity index (χ2n) is 3.88. The first kappa shape index (κ1) is 11.2. The maximum Gasteiger partial charge on any atom is 0.193 e. The molecule has 0 saturated heterocycles. The van der Waals surface area contributed by atoms with Gasteiger partial charge in [-0.1, -0.05) is 24.3 Å². The highest BCUT2D eigenvalue weighted by Crippen LogP contribution is 2.22. The van der Waals surface area contributed by atoms with Gasteiger partial charge in [0, 0.05) is 0 Å². The van der Waals surface area contributed by atoms with Crippen LogP contribution in [0.2, 0.25) is 5.22 Å². The SMILES string of the molecule is Cc1ccccc1CC(N)c1ccc(Cl)o1. The van der Waals surface area contributed by atoms with Gasteiger partial charge >= 0.3 is 0 Å². The molecular weight excluding hydrogens is 222 g/mol. The fraction of sp³-hybridized carbons (Fsp3) is 0.231. The molecular formula is C13H14ClNO. The van der Waals surface area contributed by atoms with Crippen molar-refractivity contribution in [3.05, 3.63) is 58.5 Å². The Labute approximate surface area is 100 Å². The fourth-order valence-electron chi connectivity index (χ4n) is 1.70. The van der Waals surface area contributed by atoms with E-state index in [2.05, 4.69) is 19.1 Å². The Morgan fingerprint density at radius 2 is 2.00 bits per heavy atom. The molecule has 1 aromatic heterocycles. The molecule has 0 bridgehead atoms. The molecule has 1 heterocycles. The molecule has 2 aromatic rings. The molecule has 0 aliphatic carbocycles. The molecule has 2 nitrogen and oxygen atoms in total. The van der Waals surface area contributed by atoms with Gasteiger partial charge in [-0.15, -0.1) is 0 Å². The average molecular weight is 236 g/mol. The first-order valence-corrected chi connectivity index (χ1v) is 5.60. The van der Waals surface area contributed by atoms with Crippen LogP contribution in [0.25, 0.3) is 0 Å².